The van der Waals surface area contributed by atoms with Crippen molar-refractivity contribution in [2.24, 2.45) is 5.92 Å². The number of nitrogens with zero attached hydrogens (tertiary/aromatic N) is 1. The molecule has 6 nitrogen and oxygen atoms in total. The maximum Gasteiger partial charge on any atom is 0.307 e. The van der Waals surface area contributed by atoms with E-state index >= 15 is 0 Å². The van der Waals surface area contributed by atoms with Crippen molar-refractivity contribution in [1.82, 2.24) is 4.31 Å². The number of carboxylic acid groups (broad SMARTS) is 1. The van der Waals surface area contributed by atoms with Gasteiger partial charge in [0.25, 0.3) is 0 Å². The Hall–Kier alpha value is -1.60. The van der Waals surface area contributed by atoms with Crippen LogP contribution in [0.3, 0.4) is 0 Å². The average Bonchev–Trinajstić information content (AvgIpc) is 2.96. The molecular weight excluding hydrogens is 294 g/mol. The number of hydrogen-bond acceptors (Lipinski definition) is 4. The summed E-state index contributed by atoms with van der Waals surface area (Å²) in [4.78, 5) is 11.1. The van der Waals surface area contributed by atoms with Gasteiger partial charge in [0.15, 0.2) is 0 Å². The van der Waals surface area contributed by atoms with Crippen molar-refractivity contribution in [2.75, 3.05) is 19.7 Å². The third-order valence-corrected chi connectivity index (χ3v) is 5.31. The van der Waals surface area contributed by atoms with E-state index in [0.717, 1.165) is 6.42 Å². The van der Waals surface area contributed by atoms with Gasteiger partial charge in [-0.1, -0.05) is 6.92 Å². The van der Waals surface area contributed by atoms with E-state index in [4.69, 9.17) is 9.84 Å². The van der Waals surface area contributed by atoms with Gasteiger partial charge in [0, 0.05) is 13.1 Å². The van der Waals surface area contributed by atoms with Gasteiger partial charge in [0.2, 0.25) is 10.0 Å². The SMILES string of the molecule is CCCOc1ccc(S(=O)(=O)N2CCC(C(=O)O)C2)cc1. The number of carboxylic acids is 1. The van der Waals surface area contributed by atoms with Crippen molar-refractivity contribution >= 4 is 16.0 Å². The summed E-state index contributed by atoms with van der Waals surface area (Å²) >= 11 is 0. The molecule has 116 valence electrons. The average molecular weight is 313 g/mol. The number of carbonyl (C=O) groups is 1. The van der Waals surface area contributed by atoms with E-state index < -0.39 is 21.9 Å². The van der Waals surface area contributed by atoms with Gasteiger partial charge in [-0.3, -0.25) is 4.79 Å². The van der Waals surface area contributed by atoms with Gasteiger partial charge in [-0.15, -0.1) is 0 Å². The van der Waals surface area contributed by atoms with Gasteiger partial charge in [0.1, 0.15) is 5.75 Å². The first-order valence-electron chi connectivity index (χ1n) is 6.91. The van der Waals surface area contributed by atoms with Gasteiger partial charge in [-0.05, 0) is 37.1 Å². The smallest absolute Gasteiger partial charge is 0.307 e. The van der Waals surface area contributed by atoms with Crippen LogP contribution >= 0.6 is 0 Å². The lowest BCUT2D eigenvalue weighted by Crippen LogP contribution is -2.30. The molecule has 1 aromatic rings. The van der Waals surface area contributed by atoms with Crippen LogP contribution in [-0.2, 0) is 14.8 Å². The van der Waals surface area contributed by atoms with Crippen molar-refractivity contribution in [2.45, 2.75) is 24.7 Å². The lowest BCUT2D eigenvalue weighted by Gasteiger charge is -2.16. The third-order valence-electron chi connectivity index (χ3n) is 3.43. The zero-order chi connectivity index (χ0) is 15.5. The Morgan fingerprint density at radius 2 is 2.05 bits per heavy atom. The number of aliphatic carboxylic acids is 1. The van der Waals surface area contributed by atoms with Crippen molar-refractivity contribution in [3.63, 3.8) is 0 Å². The van der Waals surface area contributed by atoms with Gasteiger partial charge in [0.05, 0.1) is 17.4 Å². The maximum absolute atomic E-state index is 12.4. The summed E-state index contributed by atoms with van der Waals surface area (Å²) in [5, 5.41) is 8.95. The number of ether oxygens (including phenoxy) is 1. The van der Waals surface area contributed by atoms with Gasteiger partial charge in [-0.25, -0.2) is 8.42 Å². The molecule has 0 radical (unpaired) electrons. The molecule has 0 spiro atoms. The Labute approximate surface area is 124 Å². The molecule has 1 N–H and O–H groups in total. The Kier molecular flexibility index (Phi) is 4.84. The normalized spacial score (nSPS) is 19.6. The van der Waals surface area contributed by atoms with Crippen LogP contribution in [0.15, 0.2) is 29.2 Å². The predicted octanol–water partition coefficient (Wildman–Crippen LogP) is 1.57. The van der Waals surface area contributed by atoms with Crippen molar-refractivity contribution in [3.05, 3.63) is 24.3 Å². The van der Waals surface area contributed by atoms with Crippen molar-refractivity contribution < 1.29 is 23.1 Å². The molecule has 0 bridgehead atoms. The van der Waals surface area contributed by atoms with Gasteiger partial charge < -0.3 is 9.84 Å². The number of rotatable bonds is 6. The minimum atomic E-state index is -3.63. The summed E-state index contributed by atoms with van der Waals surface area (Å²) < 4.78 is 31.5. The van der Waals surface area contributed by atoms with Crippen molar-refractivity contribution in [3.8, 4) is 5.75 Å². The van der Waals surface area contributed by atoms with Gasteiger partial charge >= 0.3 is 5.97 Å². The Morgan fingerprint density at radius 1 is 1.38 bits per heavy atom. The zero-order valence-electron chi connectivity index (χ0n) is 11.9. The predicted molar refractivity (Wildman–Crippen MR) is 76.7 cm³/mol. The van der Waals surface area contributed by atoms with Crippen LogP contribution in [-0.4, -0.2) is 43.5 Å². The van der Waals surface area contributed by atoms with E-state index in [9.17, 15) is 13.2 Å². The third kappa shape index (κ3) is 3.54. The molecule has 0 aliphatic carbocycles. The molecule has 1 atom stereocenters. The molecule has 0 aromatic heterocycles. The second-order valence-electron chi connectivity index (χ2n) is 5.01. The van der Waals surface area contributed by atoms with E-state index in [1.165, 1.54) is 16.4 Å². The summed E-state index contributed by atoms with van der Waals surface area (Å²) in [6, 6.07) is 6.23. The summed E-state index contributed by atoms with van der Waals surface area (Å²) in [7, 11) is -3.63. The fourth-order valence-electron chi connectivity index (χ4n) is 2.22. The molecule has 1 saturated heterocycles. The van der Waals surface area contributed by atoms with E-state index in [2.05, 4.69) is 0 Å². The van der Waals surface area contributed by atoms with Crippen LogP contribution in [0.25, 0.3) is 0 Å². The van der Waals surface area contributed by atoms with Crippen LogP contribution in [0.5, 0.6) is 5.75 Å². The molecule has 21 heavy (non-hydrogen) atoms. The van der Waals surface area contributed by atoms with Crippen LogP contribution in [0.1, 0.15) is 19.8 Å². The molecule has 1 aliphatic rings. The van der Waals surface area contributed by atoms with Gasteiger partial charge in [-0.2, -0.15) is 4.31 Å². The number of sulfonamides is 1. The monoisotopic (exact) mass is 313 g/mol. The van der Waals surface area contributed by atoms with E-state index in [-0.39, 0.29) is 18.0 Å². The largest absolute Gasteiger partial charge is 0.494 e. The van der Waals surface area contributed by atoms with E-state index in [1.54, 1.807) is 12.1 Å². The second-order valence-corrected chi connectivity index (χ2v) is 6.94. The Morgan fingerprint density at radius 3 is 2.57 bits per heavy atom. The molecule has 1 fully saturated rings. The highest BCUT2D eigenvalue weighted by molar-refractivity contribution is 7.89. The summed E-state index contributed by atoms with van der Waals surface area (Å²) in [6.45, 7) is 2.85. The van der Waals surface area contributed by atoms with Crippen LogP contribution in [0.2, 0.25) is 0 Å². The van der Waals surface area contributed by atoms with Crippen LogP contribution < -0.4 is 4.74 Å². The fourth-order valence-corrected chi connectivity index (χ4v) is 3.73. The molecular formula is C14H19NO5S. The molecule has 0 saturated carbocycles. The minimum Gasteiger partial charge on any atom is -0.494 e. The first-order chi connectivity index (χ1) is 9.95. The molecule has 0 amide bonds. The first kappa shape index (κ1) is 15.8. The lowest BCUT2D eigenvalue weighted by atomic mass is 10.1. The Bertz CT molecular complexity index is 596. The minimum absolute atomic E-state index is 0.0335. The highest BCUT2D eigenvalue weighted by atomic mass is 32.2. The molecule has 7 heteroatoms. The standard InChI is InChI=1S/C14H19NO5S/c1-2-9-20-12-3-5-13(6-4-12)21(18,19)15-8-7-11(10-15)14(16)17/h3-6,11H,2,7-10H2,1H3,(H,16,17). The summed E-state index contributed by atoms with van der Waals surface area (Å²) in [6.07, 6.45) is 1.23. The first-order valence-corrected chi connectivity index (χ1v) is 8.35. The molecule has 2 rings (SSSR count). The van der Waals surface area contributed by atoms with Crippen LogP contribution in [0, 0.1) is 5.92 Å². The molecule has 1 unspecified atom stereocenters. The summed E-state index contributed by atoms with van der Waals surface area (Å²) in [5.74, 6) is -0.941. The number of benzene rings is 1. The molecule has 1 heterocycles. The molecule has 1 aliphatic heterocycles. The maximum atomic E-state index is 12.4. The highest BCUT2D eigenvalue weighted by Gasteiger charge is 2.35. The fraction of sp³-hybridized carbons (Fsp3) is 0.500. The van der Waals surface area contributed by atoms with Crippen LogP contribution in [0.4, 0.5) is 0 Å². The number of hydrogen-bond donors (Lipinski definition) is 1. The van der Waals surface area contributed by atoms with E-state index in [1.807, 2.05) is 6.92 Å². The quantitative estimate of drug-likeness (QED) is 0.862. The topological polar surface area (TPSA) is 83.9 Å². The highest BCUT2D eigenvalue weighted by Crippen LogP contribution is 2.25. The Balaban J connectivity index is 2.11. The lowest BCUT2D eigenvalue weighted by molar-refractivity contribution is -0.141. The second kappa shape index (κ2) is 6.44. The summed E-state index contributed by atoms with van der Waals surface area (Å²) in [5.41, 5.74) is 0. The molecule has 1 aromatic carbocycles. The zero-order valence-corrected chi connectivity index (χ0v) is 12.7. The van der Waals surface area contributed by atoms with E-state index in [0.29, 0.717) is 18.8 Å². The van der Waals surface area contributed by atoms with Crippen molar-refractivity contribution in [1.29, 1.82) is 0 Å².